The van der Waals surface area contributed by atoms with E-state index in [0.717, 1.165) is 23.2 Å². The zero-order chi connectivity index (χ0) is 14.5. The molecule has 1 aromatic heterocycles. The predicted octanol–water partition coefficient (Wildman–Crippen LogP) is 3.00. The average molecular weight is 273 g/mol. The third-order valence-corrected chi connectivity index (χ3v) is 3.37. The van der Waals surface area contributed by atoms with Crippen LogP contribution in [0.3, 0.4) is 0 Å². The largest absolute Gasteiger partial charge is 0.383 e. The van der Waals surface area contributed by atoms with Crippen LogP contribution in [-0.2, 0) is 6.42 Å². The van der Waals surface area contributed by atoms with Crippen LogP contribution in [0.1, 0.15) is 29.7 Å². The van der Waals surface area contributed by atoms with Crippen LogP contribution in [-0.4, -0.2) is 11.5 Å². The highest BCUT2D eigenvalue weighted by molar-refractivity contribution is 5.46. The normalized spacial score (nSPS) is 12.3. The summed E-state index contributed by atoms with van der Waals surface area (Å²) < 4.78 is 13.3. The first-order valence-corrected chi connectivity index (χ1v) is 6.80. The fourth-order valence-electron chi connectivity index (χ4n) is 2.47. The van der Waals surface area contributed by atoms with Crippen molar-refractivity contribution in [3.05, 3.63) is 59.0 Å². The second kappa shape index (κ2) is 6.48. The Labute approximate surface area is 119 Å². The van der Waals surface area contributed by atoms with Gasteiger partial charge in [-0.25, -0.2) is 9.37 Å². The Hall–Kier alpha value is -1.94. The highest BCUT2D eigenvalue weighted by atomic mass is 19.1. The molecule has 0 amide bonds. The van der Waals surface area contributed by atoms with Gasteiger partial charge in [0.25, 0.3) is 0 Å². The number of hydrogen-bond donors (Lipinski definition) is 2. The lowest BCUT2D eigenvalue weighted by Crippen LogP contribution is -2.25. The Morgan fingerprint density at radius 2 is 2.15 bits per heavy atom. The first-order chi connectivity index (χ1) is 9.61. The van der Waals surface area contributed by atoms with Crippen molar-refractivity contribution in [1.29, 1.82) is 0 Å². The molecule has 0 saturated carbocycles. The SMILES string of the molecule is CCNC(Cc1cccc(F)c1)c1c(C)ccnc1N. The van der Waals surface area contributed by atoms with Crippen molar-refractivity contribution in [2.45, 2.75) is 26.3 Å². The van der Waals surface area contributed by atoms with Crippen molar-refractivity contribution in [2.24, 2.45) is 0 Å². The number of halogens is 1. The van der Waals surface area contributed by atoms with Gasteiger partial charge in [0, 0.05) is 17.8 Å². The minimum absolute atomic E-state index is 0.0375. The van der Waals surface area contributed by atoms with Gasteiger partial charge < -0.3 is 11.1 Å². The van der Waals surface area contributed by atoms with E-state index in [1.165, 1.54) is 6.07 Å². The minimum Gasteiger partial charge on any atom is -0.383 e. The maximum Gasteiger partial charge on any atom is 0.128 e. The van der Waals surface area contributed by atoms with Crippen molar-refractivity contribution in [3.8, 4) is 0 Å². The van der Waals surface area contributed by atoms with E-state index in [4.69, 9.17) is 5.73 Å². The summed E-state index contributed by atoms with van der Waals surface area (Å²) in [5.41, 5.74) is 9.05. The zero-order valence-corrected chi connectivity index (χ0v) is 11.9. The molecule has 3 nitrogen and oxygen atoms in total. The van der Waals surface area contributed by atoms with E-state index < -0.39 is 0 Å². The molecule has 0 bridgehead atoms. The number of hydrogen-bond acceptors (Lipinski definition) is 3. The predicted molar refractivity (Wildman–Crippen MR) is 79.9 cm³/mol. The molecule has 1 atom stereocenters. The Morgan fingerprint density at radius 1 is 1.35 bits per heavy atom. The second-order valence-corrected chi connectivity index (χ2v) is 4.87. The zero-order valence-electron chi connectivity index (χ0n) is 11.9. The Balaban J connectivity index is 2.32. The van der Waals surface area contributed by atoms with Gasteiger partial charge in [0.1, 0.15) is 11.6 Å². The number of pyridine rings is 1. The number of aryl methyl sites for hydroxylation is 1. The van der Waals surface area contributed by atoms with Gasteiger partial charge in [-0.05, 0) is 49.2 Å². The van der Waals surface area contributed by atoms with Gasteiger partial charge in [0.05, 0.1) is 0 Å². The van der Waals surface area contributed by atoms with Crippen molar-refractivity contribution in [1.82, 2.24) is 10.3 Å². The van der Waals surface area contributed by atoms with E-state index in [-0.39, 0.29) is 11.9 Å². The van der Waals surface area contributed by atoms with Crippen LogP contribution in [0, 0.1) is 12.7 Å². The average Bonchev–Trinajstić information content (AvgIpc) is 2.38. The molecular formula is C16H20FN3. The lowest BCUT2D eigenvalue weighted by Gasteiger charge is -2.21. The standard InChI is InChI=1S/C16H20FN3/c1-3-19-14(10-12-5-4-6-13(17)9-12)15-11(2)7-8-20-16(15)18/h4-9,14,19H,3,10H2,1-2H3,(H2,18,20). The molecule has 0 aliphatic carbocycles. The second-order valence-electron chi connectivity index (χ2n) is 4.87. The van der Waals surface area contributed by atoms with Crippen LogP contribution in [0.25, 0.3) is 0 Å². The molecule has 0 aliphatic heterocycles. The van der Waals surface area contributed by atoms with Crippen molar-refractivity contribution in [3.63, 3.8) is 0 Å². The monoisotopic (exact) mass is 273 g/mol. The van der Waals surface area contributed by atoms with E-state index in [1.54, 1.807) is 18.3 Å². The van der Waals surface area contributed by atoms with Crippen LogP contribution in [0.4, 0.5) is 10.2 Å². The van der Waals surface area contributed by atoms with E-state index in [9.17, 15) is 4.39 Å². The third-order valence-electron chi connectivity index (χ3n) is 3.37. The van der Waals surface area contributed by atoms with Crippen LogP contribution in [0.2, 0.25) is 0 Å². The number of nitrogens with one attached hydrogen (secondary N) is 1. The van der Waals surface area contributed by atoms with Gasteiger partial charge in [-0.2, -0.15) is 0 Å². The summed E-state index contributed by atoms with van der Waals surface area (Å²) in [7, 11) is 0. The summed E-state index contributed by atoms with van der Waals surface area (Å²) in [4.78, 5) is 4.17. The fourth-order valence-corrected chi connectivity index (χ4v) is 2.47. The third kappa shape index (κ3) is 3.33. The number of nitrogens with zero attached hydrogens (tertiary/aromatic N) is 1. The number of nitrogens with two attached hydrogens (primary N) is 1. The Kier molecular flexibility index (Phi) is 4.69. The summed E-state index contributed by atoms with van der Waals surface area (Å²) in [6.45, 7) is 4.87. The van der Waals surface area contributed by atoms with E-state index in [2.05, 4.69) is 10.3 Å². The van der Waals surface area contributed by atoms with Gasteiger partial charge >= 0.3 is 0 Å². The molecule has 0 spiro atoms. The molecule has 0 saturated heterocycles. The summed E-state index contributed by atoms with van der Waals surface area (Å²) >= 11 is 0. The van der Waals surface area contributed by atoms with Gasteiger partial charge in [0.15, 0.2) is 0 Å². The molecule has 20 heavy (non-hydrogen) atoms. The first kappa shape index (κ1) is 14.5. The minimum atomic E-state index is -0.214. The van der Waals surface area contributed by atoms with Crippen molar-refractivity contribution < 1.29 is 4.39 Å². The molecule has 0 aliphatic rings. The molecule has 0 radical (unpaired) electrons. The first-order valence-electron chi connectivity index (χ1n) is 6.80. The molecule has 0 fully saturated rings. The van der Waals surface area contributed by atoms with Gasteiger partial charge in [-0.3, -0.25) is 0 Å². The summed E-state index contributed by atoms with van der Waals surface area (Å²) in [6, 6.07) is 8.65. The Bertz CT molecular complexity index is 563. The topological polar surface area (TPSA) is 50.9 Å². The number of benzene rings is 1. The number of likely N-dealkylation sites (N-methyl/N-ethyl adjacent to an activating group) is 1. The molecular weight excluding hydrogens is 253 g/mol. The summed E-state index contributed by atoms with van der Waals surface area (Å²) in [5, 5.41) is 3.41. The van der Waals surface area contributed by atoms with E-state index in [1.807, 2.05) is 26.0 Å². The lowest BCUT2D eigenvalue weighted by molar-refractivity contribution is 0.544. The maximum atomic E-state index is 13.3. The maximum absolute atomic E-state index is 13.3. The van der Waals surface area contributed by atoms with Crippen molar-refractivity contribution in [2.75, 3.05) is 12.3 Å². The van der Waals surface area contributed by atoms with E-state index in [0.29, 0.717) is 12.2 Å². The lowest BCUT2D eigenvalue weighted by atomic mass is 9.96. The molecule has 1 unspecified atom stereocenters. The van der Waals surface area contributed by atoms with Crippen LogP contribution < -0.4 is 11.1 Å². The number of rotatable bonds is 5. The summed E-state index contributed by atoms with van der Waals surface area (Å²) in [6.07, 6.45) is 2.39. The molecule has 2 rings (SSSR count). The highest BCUT2D eigenvalue weighted by Crippen LogP contribution is 2.25. The molecule has 2 aromatic rings. The van der Waals surface area contributed by atoms with Crippen LogP contribution in [0.15, 0.2) is 36.5 Å². The number of aromatic nitrogens is 1. The molecule has 1 heterocycles. The smallest absolute Gasteiger partial charge is 0.128 e. The van der Waals surface area contributed by atoms with Gasteiger partial charge in [-0.1, -0.05) is 19.1 Å². The fraction of sp³-hybridized carbons (Fsp3) is 0.312. The van der Waals surface area contributed by atoms with Gasteiger partial charge in [-0.15, -0.1) is 0 Å². The van der Waals surface area contributed by atoms with E-state index >= 15 is 0 Å². The molecule has 106 valence electrons. The summed E-state index contributed by atoms with van der Waals surface area (Å²) in [5.74, 6) is 0.320. The van der Waals surface area contributed by atoms with Crippen molar-refractivity contribution >= 4 is 5.82 Å². The van der Waals surface area contributed by atoms with Crippen LogP contribution in [0.5, 0.6) is 0 Å². The van der Waals surface area contributed by atoms with Crippen LogP contribution >= 0.6 is 0 Å². The molecule has 1 aromatic carbocycles. The Morgan fingerprint density at radius 3 is 2.80 bits per heavy atom. The number of anilines is 1. The number of nitrogen functional groups attached to an aromatic ring is 1. The quantitative estimate of drug-likeness (QED) is 0.880. The highest BCUT2D eigenvalue weighted by Gasteiger charge is 2.17. The molecule has 3 N–H and O–H groups in total. The molecule has 4 heteroatoms. The van der Waals surface area contributed by atoms with Gasteiger partial charge in [0.2, 0.25) is 0 Å².